The van der Waals surface area contributed by atoms with E-state index in [1.165, 1.54) is 12.1 Å². The SMILES string of the molecule is Br.NCc1ncc(-c2ccc(C(F)(F)F)cc2)[nH]1. The summed E-state index contributed by atoms with van der Waals surface area (Å²) < 4.78 is 37.0. The molecule has 0 aliphatic heterocycles. The molecule has 0 amide bonds. The number of aromatic nitrogens is 2. The highest BCUT2D eigenvalue weighted by atomic mass is 79.9. The van der Waals surface area contributed by atoms with Crippen molar-refractivity contribution < 1.29 is 13.2 Å². The Morgan fingerprint density at radius 2 is 1.78 bits per heavy atom. The van der Waals surface area contributed by atoms with Crippen molar-refractivity contribution in [3.63, 3.8) is 0 Å². The zero-order valence-corrected chi connectivity index (χ0v) is 10.9. The fourth-order valence-electron chi connectivity index (χ4n) is 1.45. The number of alkyl halides is 3. The Kier molecular flexibility index (Phi) is 4.53. The van der Waals surface area contributed by atoms with E-state index in [1.807, 2.05) is 0 Å². The van der Waals surface area contributed by atoms with Crippen LogP contribution in [0, 0.1) is 0 Å². The topological polar surface area (TPSA) is 54.7 Å². The van der Waals surface area contributed by atoms with E-state index in [4.69, 9.17) is 5.73 Å². The van der Waals surface area contributed by atoms with Crippen molar-refractivity contribution in [3.8, 4) is 11.3 Å². The number of aromatic amines is 1. The van der Waals surface area contributed by atoms with E-state index in [0.29, 0.717) is 17.1 Å². The second-order valence-electron chi connectivity index (χ2n) is 3.52. The molecule has 2 rings (SSSR count). The number of H-pyrrole nitrogens is 1. The quantitative estimate of drug-likeness (QED) is 0.892. The normalized spacial score (nSPS) is 11.1. The maximum atomic E-state index is 12.3. The first kappa shape index (κ1) is 14.7. The zero-order chi connectivity index (χ0) is 12.5. The molecular weight excluding hydrogens is 311 g/mol. The Labute approximate surface area is 112 Å². The lowest BCUT2D eigenvalue weighted by molar-refractivity contribution is -0.137. The average Bonchev–Trinajstić information content (AvgIpc) is 2.76. The van der Waals surface area contributed by atoms with E-state index in [1.54, 1.807) is 6.20 Å². The number of imidazole rings is 1. The van der Waals surface area contributed by atoms with Gasteiger partial charge in [0, 0.05) is 0 Å². The van der Waals surface area contributed by atoms with E-state index in [0.717, 1.165) is 12.1 Å². The lowest BCUT2D eigenvalue weighted by atomic mass is 10.1. The molecule has 0 aliphatic rings. The highest BCUT2D eigenvalue weighted by Gasteiger charge is 2.29. The molecule has 1 aromatic carbocycles. The molecule has 0 radical (unpaired) electrons. The van der Waals surface area contributed by atoms with Crippen LogP contribution < -0.4 is 5.73 Å². The molecule has 1 heterocycles. The molecule has 0 atom stereocenters. The summed E-state index contributed by atoms with van der Waals surface area (Å²) in [5.41, 5.74) is 6.01. The molecule has 0 unspecified atom stereocenters. The van der Waals surface area contributed by atoms with Gasteiger partial charge in [0.25, 0.3) is 0 Å². The van der Waals surface area contributed by atoms with E-state index < -0.39 is 11.7 Å². The van der Waals surface area contributed by atoms with E-state index in [9.17, 15) is 13.2 Å². The number of nitrogens with two attached hydrogens (primary N) is 1. The van der Waals surface area contributed by atoms with Crippen LogP contribution in [-0.4, -0.2) is 9.97 Å². The van der Waals surface area contributed by atoms with Gasteiger partial charge in [0.15, 0.2) is 0 Å². The van der Waals surface area contributed by atoms with Crippen LogP contribution in [0.15, 0.2) is 30.5 Å². The van der Waals surface area contributed by atoms with E-state index in [-0.39, 0.29) is 23.5 Å². The second kappa shape index (κ2) is 5.53. The molecule has 0 aliphatic carbocycles. The average molecular weight is 322 g/mol. The molecule has 18 heavy (non-hydrogen) atoms. The van der Waals surface area contributed by atoms with Crippen LogP contribution >= 0.6 is 17.0 Å². The molecule has 0 saturated heterocycles. The number of hydrogen-bond donors (Lipinski definition) is 2. The Balaban J connectivity index is 0.00000162. The minimum Gasteiger partial charge on any atom is -0.341 e. The molecule has 7 heteroatoms. The van der Waals surface area contributed by atoms with E-state index in [2.05, 4.69) is 9.97 Å². The Morgan fingerprint density at radius 3 is 2.22 bits per heavy atom. The number of hydrogen-bond acceptors (Lipinski definition) is 2. The predicted molar refractivity (Wildman–Crippen MR) is 67.2 cm³/mol. The summed E-state index contributed by atoms with van der Waals surface area (Å²) in [4.78, 5) is 6.90. The van der Waals surface area contributed by atoms with E-state index >= 15 is 0 Å². The monoisotopic (exact) mass is 321 g/mol. The minimum atomic E-state index is -4.31. The van der Waals surface area contributed by atoms with Crippen molar-refractivity contribution in [2.75, 3.05) is 0 Å². The lowest BCUT2D eigenvalue weighted by Crippen LogP contribution is -2.04. The van der Waals surface area contributed by atoms with Gasteiger partial charge in [-0.05, 0) is 17.7 Å². The van der Waals surface area contributed by atoms with Crippen molar-refractivity contribution in [1.82, 2.24) is 9.97 Å². The third-order valence-electron chi connectivity index (χ3n) is 2.35. The van der Waals surface area contributed by atoms with Crippen molar-refractivity contribution in [3.05, 3.63) is 41.9 Å². The first-order chi connectivity index (χ1) is 8.00. The molecule has 2 aromatic rings. The molecule has 1 aromatic heterocycles. The highest BCUT2D eigenvalue weighted by Crippen LogP contribution is 2.30. The van der Waals surface area contributed by atoms with Crippen LogP contribution in [0.1, 0.15) is 11.4 Å². The van der Waals surface area contributed by atoms with Gasteiger partial charge in [-0.1, -0.05) is 12.1 Å². The number of benzene rings is 1. The Hall–Kier alpha value is -1.34. The van der Waals surface area contributed by atoms with Crippen molar-refractivity contribution in [2.45, 2.75) is 12.7 Å². The second-order valence-corrected chi connectivity index (χ2v) is 3.52. The maximum absolute atomic E-state index is 12.3. The first-order valence-corrected chi connectivity index (χ1v) is 4.92. The highest BCUT2D eigenvalue weighted by molar-refractivity contribution is 8.93. The fraction of sp³-hybridized carbons (Fsp3) is 0.182. The van der Waals surface area contributed by atoms with Crippen molar-refractivity contribution in [1.29, 1.82) is 0 Å². The summed E-state index contributed by atoms with van der Waals surface area (Å²) in [7, 11) is 0. The van der Waals surface area contributed by atoms with Gasteiger partial charge in [-0.15, -0.1) is 17.0 Å². The van der Waals surface area contributed by atoms with Crippen LogP contribution in [0.2, 0.25) is 0 Å². The van der Waals surface area contributed by atoms with Gasteiger partial charge < -0.3 is 10.7 Å². The minimum absolute atomic E-state index is 0. The van der Waals surface area contributed by atoms with Crippen LogP contribution in [0.3, 0.4) is 0 Å². The fourth-order valence-corrected chi connectivity index (χ4v) is 1.45. The van der Waals surface area contributed by atoms with Gasteiger partial charge >= 0.3 is 6.18 Å². The number of halogens is 4. The van der Waals surface area contributed by atoms with Gasteiger partial charge in [0.2, 0.25) is 0 Å². The Morgan fingerprint density at radius 1 is 1.17 bits per heavy atom. The van der Waals surface area contributed by atoms with Crippen LogP contribution in [0.4, 0.5) is 13.2 Å². The summed E-state index contributed by atoms with van der Waals surface area (Å²) in [5, 5.41) is 0. The maximum Gasteiger partial charge on any atom is 0.416 e. The lowest BCUT2D eigenvalue weighted by Gasteiger charge is -2.06. The third kappa shape index (κ3) is 3.11. The van der Waals surface area contributed by atoms with Crippen molar-refractivity contribution >= 4 is 17.0 Å². The van der Waals surface area contributed by atoms with Gasteiger partial charge in [0.05, 0.1) is 24.0 Å². The molecule has 0 spiro atoms. The zero-order valence-electron chi connectivity index (χ0n) is 9.16. The molecule has 3 N–H and O–H groups in total. The van der Waals surface area contributed by atoms with Crippen molar-refractivity contribution in [2.24, 2.45) is 5.73 Å². The molecule has 0 saturated carbocycles. The van der Waals surface area contributed by atoms with Crippen LogP contribution in [0.5, 0.6) is 0 Å². The molecule has 3 nitrogen and oxygen atoms in total. The number of nitrogens with one attached hydrogen (secondary N) is 1. The standard InChI is InChI=1S/C11H10F3N3.BrH/c12-11(13,14)8-3-1-7(2-4-8)9-6-16-10(5-15)17-9;/h1-4,6H,5,15H2,(H,16,17);1H. The smallest absolute Gasteiger partial charge is 0.341 e. The first-order valence-electron chi connectivity index (χ1n) is 4.92. The number of rotatable bonds is 2. The molecule has 0 bridgehead atoms. The summed E-state index contributed by atoms with van der Waals surface area (Å²) in [6, 6.07) is 4.88. The predicted octanol–water partition coefficient (Wildman–Crippen LogP) is 3.13. The van der Waals surface area contributed by atoms with Gasteiger partial charge in [0.1, 0.15) is 5.82 Å². The molecular formula is C11H11BrF3N3. The Bertz CT molecular complexity index is 505. The number of nitrogens with zero attached hydrogens (tertiary/aromatic N) is 1. The van der Waals surface area contributed by atoms with Gasteiger partial charge in [-0.25, -0.2) is 4.98 Å². The van der Waals surface area contributed by atoms with Gasteiger partial charge in [-0.3, -0.25) is 0 Å². The largest absolute Gasteiger partial charge is 0.416 e. The summed E-state index contributed by atoms with van der Waals surface area (Å²) >= 11 is 0. The van der Waals surface area contributed by atoms with Gasteiger partial charge in [-0.2, -0.15) is 13.2 Å². The third-order valence-corrected chi connectivity index (χ3v) is 2.35. The summed E-state index contributed by atoms with van der Waals surface area (Å²) in [6.45, 7) is 0.265. The van der Waals surface area contributed by atoms with Crippen LogP contribution in [-0.2, 0) is 12.7 Å². The van der Waals surface area contributed by atoms with Crippen LogP contribution in [0.25, 0.3) is 11.3 Å². The summed E-state index contributed by atoms with van der Waals surface area (Å²) in [6.07, 6.45) is -2.76. The summed E-state index contributed by atoms with van der Waals surface area (Å²) in [5.74, 6) is 0.597. The molecule has 0 fully saturated rings. The molecule has 98 valence electrons.